The van der Waals surface area contributed by atoms with Crippen molar-refractivity contribution in [2.75, 3.05) is 6.26 Å². The Morgan fingerprint density at radius 3 is 2.94 bits per heavy atom. The lowest BCUT2D eigenvalue weighted by atomic mass is 10.2. The molecule has 0 aliphatic rings. The number of thiocarbonyl (C=S) groups is 1. The molecule has 5 heteroatoms. The fraction of sp³-hybridized carbons (Fsp3) is 0.167. The predicted octanol–water partition coefficient (Wildman–Crippen LogP) is 2.75. The van der Waals surface area contributed by atoms with Crippen molar-refractivity contribution < 1.29 is 0 Å². The van der Waals surface area contributed by atoms with E-state index < -0.39 is 0 Å². The van der Waals surface area contributed by atoms with E-state index in [4.69, 9.17) is 12.2 Å². The second-order valence-corrected chi connectivity index (χ2v) is 5.03. The zero-order chi connectivity index (χ0) is 12.3. The highest BCUT2D eigenvalue weighted by Gasteiger charge is 2.02. The van der Waals surface area contributed by atoms with Crippen molar-refractivity contribution in [3.8, 4) is 0 Å². The number of nitrogens with zero attached hydrogens (tertiary/aromatic N) is 2. The van der Waals surface area contributed by atoms with E-state index in [0.29, 0.717) is 4.32 Å². The summed E-state index contributed by atoms with van der Waals surface area (Å²) in [6.07, 6.45) is 3.70. The first-order valence-electron chi connectivity index (χ1n) is 5.14. The molecule has 0 aliphatic heterocycles. The van der Waals surface area contributed by atoms with Gasteiger partial charge in [-0.2, -0.15) is 5.10 Å². The quantitative estimate of drug-likeness (QED) is 0.513. The molecular formula is C12H13N3S2. The first kappa shape index (κ1) is 12.1. The Balaban J connectivity index is 2.24. The van der Waals surface area contributed by atoms with Gasteiger partial charge < -0.3 is 4.57 Å². The highest BCUT2D eigenvalue weighted by atomic mass is 32.2. The average molecular weight is 263 g/mol. The number of aryl methyl sites for hydroxylation is 1. The van der Waals surface area contributed by atoms with Crippen LogP contribution in [-0.4, -0.2) is 21.4 Å². The van der Waals surface area contributed by atoms with E-state index in [1.807, 2.05) is 25.4 Å². The fourth-order valence-corrected chi connectivity index (χ4v) is 1.83. The van der Waals surface area contributed by atoms with Crippen LogP contribution >= 0.6 is 24.0 Å². The number of rotatable bonds is 2. The van der Waals surface area contributed by atoms with Crippen LogP contribution in [0.2, 0.25) is 0 Å². The minimum atomic E-state index is 0.667. The molecule has 0 saturated carbocycles. The van der Waals surface area contributed by atoms with Crippen molar-refractivity contribution in [3.05, 3.63) is 36.0 Å². The van der Waals surface area contributed by atoms with Gasteiger partial charge in [-0.05, 0) is 18.4 Å². The highest BCUT2D eigenvalue weighted by molar-refractivity contribution is 8.22. The number of fused-ring (bicyclic) bond motifs is 1. The summed E-state index contributed by atoms with van der Waals surface area (Å²) in [6, 6.07) is 10.3. The van der Waals surface area contributed by atoms with E-state index in [9.17, 15) is 0 Å². The number of benzene rings is 1. The van der Waals surface area contributed by atoms with Gasteiger partial charge in [-0.1, -0.05) is 42.2 Å². The van der Waals surface area contributed by atoms with Crippen LogP contribution in [0.1, 0.15) is 5.69 Å². The summed E-state index contributed by atoms with van der Waals surface area (Å²) in [7, 11) is 2.02. The van der Waals surface area contributed by atoms with Crippen molar-refractivity contribution >= 4 is 45.4 Å². The number of thioether (sulfide) groups is 1. The van der Waals surface area contributed by atoms with Crippen molar-refractivity contribution in [2.45, 2.75) is 0 Å². The van der Waals surface area contributed by atoms with Crippen molar-refractivity contribution in [1.29, 1.82) is 0 Å². The summed E-state index contributed by atoms with van der Waals surface area (Å²) in [6.45, 7) is 0. The molecule has 2 aromatic rings. The van der Waals surface area contributed by atoms with E-state index in [2.05, 4.69) is 33.3 Å². The van der Waals surface area contributed by atoms with Crippen LogP contribution in [-0.2, 0) is 7.05 Å². The van der Waals surface area contributed by atoms with E-state index in [0.717, 1.165) is 5.69 Å². The summed E-state index contributed by atoms with van der Waals surface area (Å²) < 4.78 is 2.77. The van der Waals surface area contributed by atoms with Gasteiger partial charge in [0.15, 0.2) is 4.32 Å². The summed E-state index contributed by atoms with van der Waals surface area (Å²) in [4.78, 5) is 0. The average Bonchev–Trinajstić information content (AvgIpc) is 2.67. The lowest BCUT2D eigenvalue weighted by molar-refractivity contribution is 0.952. The Bertz CT molecular complexity index is 572. The third-order valence-electron chi connectivity index (χ3n) is 2.53. The van der Waals surface area contributed by atoms with Crippen molar-refractivity contribution in [1.82, 2.24) is 9.99 Å². The van der Waals surface area contributed by atoms with Gasteiger partial charge in [-0.3, -0.25) is 5.43 Å². The summed E-state index contributed by atoms with van der Waals surface area (Å²) >= 11 is 6.47. The van der Waals surface area contributed by atoms with Gasteiger partial charge in [-0.15, -0.1) is 0 Å². The Kier molecular flexibility index (Phi) is 3.81. The van der Waals surface area contributed by atoms with Crippen LogP contribution < -0.4 is 5.43 Å². The zero-order valence-corrected chi connectivity index (χ0v) is 11.3. The first-order valence-corrected chi connectivity index (χ1v) is 6.77. The summed E-state index contributed by atoms with van der Waals surface area (Å²) in [5.74, 6) is 0. The molecule has 0 atom stereocenters. The number of aromatic nitrogens is 1. The van der Waals surface area contributed by atoms with Crippen LogP contribution in [0.3, 0.4) is 0 Å². The molecule has 2 rings (SSSR count). The molecule has 1 N–H and O–H groups in total. The Labute approximate surface area is 110 Å². The molecule has 0 saturated heterocycles. The van der Waals surface area contributed by atoms with Gasteiger partial charge in [0.25, 0.3) is 0 Å². The third-order valence-corrected chi connectivity index (χ3v) is 3.58. The van der Waals surface area contributed by atoms with E-state index >= 15 is 0 Å². The minimum absolute atomic E-state index is 0.667. The van der Waals surface area contributed by atoms with E-state index in [1.54, 1.807) is 6.21 Å². The van der Waals surface area contributed by atoms with Crippen LogP contribution in [0.15, 0.2) is 35.4 Å². The molecule has 17 heavy (non-hydrogen) atoms. The van der Waals surface area contributed by atoms with E-state index in [-0.39, 0.29) is 0 Å². The molecular weight excluding hydrogens is 250 g/mol. The number of hydrogen-bond acceptors (Lipinski definition) is 3. The number of para-hydroxylation sites is 1. The topological polar surface area (TPSA) is 29.3 Å². The van der Waals surface area contributed by atoms with Crippen molar-refractivity contribution in [2.24, 2.45) is 12.1 Å². The second-order valence-electron chi connectivity index (χ2n) is 3.55. The molecule has 0 aliphatic carbocycles. The van der Waals surface area contributed by atoms with E-state index in [1.165, 1.54) is 22.7 Å². The predicted molar refractivity (Wildman–Crippen MR) is 79.8 cm³/mol. The molecule has 3 nitrogen and oxygen atoms in total. The maximum atomic E-state index is 5.00. The smallest absolute Gasteiger partial charge is 0.153 e. The molecule has 0 fully saturated rings. The lowest BCUT2D eigenvalue weighted by Crippen LogP contribution is -2.10. The lowest BCUT2D eigenvalue weighted by Gasteiger charge is -1.99. The van der Waals surface area contributed by atoms with Gasteiger partial charge in [0.05, 0.1) is 11.9 Å². The summed E-state index contributed by atoms with van der Waals surface area (Å²) in [5.41, 5.74) is 5.04. The monoisotopic (exact) mass is 263 g/mol. The molecule has 0 unspecified atom stereocenters. The largest absolute Gasteiger partial charge is 0.343 e. The first-order chi connectivity index (χ1) is 8.22. The van der Waals surface area contributed by atoms with Gasteiger partial charge in [0, 0.05) is 18.0 Å². The molecule has 88 valence electrons. The SMILES string of the molecule is CSC(=S)N/N=C/c1cc2ccccc2n1C. The molecule has 0 spiro atoms. The Morgan fingerprint density at radius 1 is 1.47 bits per heavy atom. The van der Waals surface area contributed by atoms with Crippen molar-refractivity contribution in [3.63, 3.8) is 0 Å². The number of hydrogen-bond donors (Lipinski definition) is 1. The van der Waals surface area contributed by atoms with Gasteiger partial charge >= 0.3 is 0 Å². The normalized spacial score (nSPS) is 11.2. The number of nitrogens with one attached hydrogen (secondary N) is 1. The fourth-order valence-electron chi connectivity index (χ4n) is 1.63. The van der Waals surface area contributed by atoms with Crippen LogP contribution in [0.5, 0.6) is 0 Å². The highest BCUT2D eigenvalue weighted by Crippen LogP contribution is 2.16. The molecule has 0 amide bonds. The maximum Gasteiger partial charge on any atom is 0.153 e. The maximum absolute atomic E-state index is 5.00. The Morgan fingerprint density at radius 2 is 2.24 bits per heavy atom. The van der Waals surface area contributed by atoms with Crippen LogP contribution in [0.25, 0.3) is 10.9 Å². The molecule has 0 bridgehead atoms. The molecule has 1 heterocycles. The molecule has 0 radical (unpaired) electrons. The van der Waals surface area contributed by atoms with Gasteiger partial charge in [0.2, 0.25) is 0 Å². The molecule has 1 aromatic heterocycles. The van der Waals surface area contributed by atoms with Gasteiger partial charge in [-0.25, -0.2) is 0 Å². The summed E-state index contributed by atoms with van der Waals surface area (Å²) in [5, 5.41) is 5.32. The second kappa shape index (κ2) is 5.33. The third kappa shape index (κ3) is 2.68. The number of hydrazone groups is 1. The van der Waals surface area contributed by atoms with Crippen LogP contribution in [0.4, 0.5) is 0 Å². The molecule has 1 aromatic carbocycles. The van der Waals surface area contributed by atoms with Crippen LogP contribution in [0, 0.1) is 0 Å². The van der Waals surface area contributed by atoms with Gasteiger partial charge in [0.1, 0.15) is 0 Å². The minimum Gasteiger partial charge on any atom is -0.343 e. The Hall–Kier alpha value is -1.33. The standard InChI is InChI=1S/C12H13N3S2/c1-15-10(8-13-14-12(16)17-2)7-9-5-3-4-6-11(9)15/h3-8H,1-2H3,(H,14,16)/b13-8+. The zero-order valence-electron chi connectivity index (χ0n) is 9.68.